The predicted octanol–water partition coefficient (Wildman–Crippen LogP) is 3.23. The molecule has 1 heterocycles. The summed E-state index contributed by atoms with van der Waals surface area (Å²) in [6.07, 6.45) is 1.01. The number of amides is 1. The highest BCUT2D eigenvalue weighted by Gasteiger charge is 2.09. The van der Waals surface area contributed by atoms with Gasteiger partial charge in [-0.2, -0.15) is 0 Å². The Morgan fingerprint density at radius 1 is 1.38 bits per heavy atom. The number of benzene rings is 1. The van der Waals surface area contributed by atoms with Gasteiger partial charge in [-0.15, -0.1) is 10.2 Å². The number of nitrogens with zero attached hydrogens (tertiary/aromatic N) is 2. The Balaban J connectivity index is 1.81. The zero-order chi connectivity index (χ0) is 15.1. The van der Waals surface area contributed by atoms with E-state index in [0.29, 0.717) is 4.34 Å². The zero-order valence-electron chi connectivity index (χ0n) is 11.4. The fourth-order valence-corrected chi connectivity index (χ4v) is 3.03. The van der Waals surface area contributed by atoms with E-state index in [1.54, 1.807) is 12.1 Å². The van der Waals surface area contributed by atoms with E-state index >= 15 is 0 Å². The first-order valence-electron chi connectivity index (χ1n) is 6.43. The van der Waals surface area contributed by atoms with Crippen molar-refractivity contribution >= 4 is 39.8 Å². The topological polar surface area (TPSA) is 66.9 Å². The molecule has 8 heteroatoms. The number of halogens is 1. The molecule has 0 aliphatic rings. The molecule has 1 aromatic heterocycles. The summed E-state index contributed by atoms with van der Waals surface area (Å²) in [5.41, 5.74) is 0.186. The molecule has 0 radical (unpaired) electrons. The summed E-state index contributed by atoms with van der Waals surface area (Å²) in [4.78, 5) is 11.8. The molecule has 2 N–H and O–H groups in total. The van der Waals surface area contributed by atoms with Crippen LogP contribution in [0.1, 0.15) is 13.3 Å². The molecule has 0 atom stereocenters. The summed E-state index contributed by atoms with van der Waals surface area (Å²) in [5, 5.41) is 14.4. The first-order chi connectivity index (χ1) is 10.2. The van der Waals surface area contributed by atoms with E-state index in [0.717, 1.165) is 18.1 Å². The van der Waals surface area contributed by atoms with Crippen LogP contribution in [0.2, 0.25) is 0 Å². The van der Waals surface area contributed by atoms with Crippen LogP contribution in [0.25, 0.3) is 0 Å². The number of hydrogen-bond acceptors (Lipinski definition) is 6. The predicted molar refractivity (Wildman–Crippen MR) is 84.4 cm³/mol. The molecule has 0 bridgehead atoms. The van der Waals surface area contributed by atoms with Gasteiger partial charge < -0.3 is 10.6 Å². The van der Waals surface area contributed by atoms with Crippen LogP contribution < -0.4 is 10.6 Å². The number of para-hydroxylation sites is 1. The van der Waals surface area contributed by atoms with Gasteiger partial charge in [0.25, 0.3) is 0 Å². The number of aromatic nitrogens is 2. The van der Waals surface area contributed by atoms with E-state index in [-0.39, 0.29) is 17.3 Å². The van der Waals surface area contributed by atoms with Crippen molar-refractivity contribution in [1.82, 2.24) is 10.2 Å². The van der Waals surface area contributed by atoms with Crippen LogP contribution in [-0.4, -0.2) is 28.4 Å². The smallest absolute Gasteiger partial charge is 0.234 e. The minimum atomic E-state index is -0.446. The van der Waals surface area contributed by atoms with E-state index in [9.17, 15) is 9.18 Å². The zero-order valence-corrected chi connectivity index (χ0v) is 13.1. The van der Waals surface area contributed by atoms with Gasteiger partial charge in [0.15, 0.2) is 4.34 Å². The maximum atomic E-state index is 13.4. The van der Waals surface area contributed by atoms with Crippen molar-refractivity contribution in [2.24, 2.45) is 0 Å². The summed E-state index contributed by atoms with van der Waals surface area (Å²) in [6, 6.07) is 6.07. The van der Waals surface area contributed by atoms with Crippen molar-refractivity contribution in [2.75, 3.05) is 22.9 Å². The van der Waals surface area contributed by atoms with Crippen LogP contribution in [-0.2, 0) is 4.79 Å². The number of thioether (sulfide) groups is 1. The van der Waals surface area contributed by atoms with Gasteiger partial charge in [-0.05, 0) is 18.6 Å². The Labute approximate surface area is 130 Å². The van der Waals surface area contributed by atoms with E-state index in [4.69, 9.17) is 0 Å². The van der Waals surface area contributed by atoms with E-state index < -0.39 is 5.82 Å². The van der Waals surface area contributed by atoms with Crippen LogP contribution in [0.3, 0.4) is 0 Å². The molecule has 0 unspecified atom stereocenters. The summed E-state index contributed by atoms with van der Waals surface area (Å²) in [5.74, 6) is -0.558. The van der Waals surface area contributed by atoms with Gasteiger partial charge in [0.2, 0.25) is 11.0 Å². The summed E-state index contributed by atoms with van der Waals surface area (Å²) in [7, 11) is 0. The molecule has 2 rings (SSSR count). The van der Waals surface area contributed by atoms with Gasteiger partial charge in [-0.25, -0.2) is 4.39 Å². The highest BCUT2D eigenvalue weighted by atomic mass is 32.2. The largest absolute Gasteiger partial charge is 0.360 e. The van der Waals surface area contributed by atoms with Crippen molar-refractivity contribution in [1.29, 1.82) is 0 Å². The molecule has 0 fully saturated rings. The molecule has 0 saturated carbocycles. The van der Waals surface area contributed by atoms with Crippen LogP contribution in [0.5, 0.6) is 0 Å². The van der Waals surface area contributed by atoms with E-state index in [2.05, 4.69) is 27.8 Å². The van der Waals surface area contributed by atoms with E-state index in [1.165, 1.54) is 35.2 Å². The van der Waals surface area contributed by atoms with Crippen LogP contribution in [0.4, 0.5) is 15.2 Å². The third kappa shape index (κ3) is 4.98. The maximum absolute atomic E-state index is 13.4. The molecule has 1 aromatic carbocycles. The third-order valence-electron chi connectivity index (χ3n) is 2.41. The minimum Gasteiger partial charge on any atom is -0.360 e. The Kier molecular flexibility index (Phi) is 5.94. The van der Waals surface area contributed by atoms with Crippen molar-refractivity contribution in [3.8, 4) is 0 Å². The highest BCUT2D eigenvalue weighted by Crippen LogP contribution is 2.25. The first kappa shape index (κ1) is 15.7. The molecule has 1 amide bonds. The second-order valence-electron chi connectivity index (χ2n) is 4.12. The first-order valence-corrected chi connectivity index (χ1v) is 8.24. The lowest BCUT2D eigenvalue weighted by Crippen LogP contribution is -2.14. The van der Waals surface area contributed by atoms with Gasteiger partial charge in [-0.1, -0.05) is 42.2 Å². The average molecular weight is 326 g/mol. The summed E-state index contributed by atoms with van der Waals surface area (Å²) < 4.78 is 14.1. The van der Waals surface area contributed by atoms with Crippen LogP contribution in [0, 0.1) is 5.82 Å². The Morgan fingerprint density at radius 2 is 2.19 bits per heavy atom. The molecule has 0 aliphatic carbocycles. The lowest BCUT2D eigenvalue weighted by Gasteiger charge is -2.04. The summed E-state index contributed by atoms with van der Waals surface area (Å²) in [6.45, 7) is 2.91. The van der Waals surface area contributed by atoms with Crippen LogP contribution >= 0.6 is 23.1 Å². The normalized spacial score (nSPS) is 10.4. The van der Waals surface area contributed by atoms with Gasteiger partial charge >= 0.3 is 0 Å². The molecule has 0 aliphatic heterocycles. The Bertz CT molecular complexity index is 605. The maximum Gasteiger partial charge on any atom is 0.234 e. The standard InChI is InChI=1S/C13H15FN4OS2/c1-2-7-15-12-17-18-13(21-12)20-8-11(19)16-10-6-4-3-5-9(10)14/h3-6H,2,7-8H2,1H3,(H,15,17)(H,16,19). The molecular formula is C13H15FN4OS2. The fourth-order valence-electron chi connectivity index (χ4n) is 1.45. The minimum absolute atomic E-state index is 0.163. The average Bonchev–Trinajstić information content (AvgIpc) is 2.93. The molecule has 112 valence electrons. The summed E-state index contributed by atoms with van der Waals surface area (Å²) >= 11 is 2.68. The molecular weight excluding hydrogens is 311 g/mol. The molecule has 21 heavy (non-hydrogen) atoms. The number of anilines is 2. The lowest BCUT2D eigenvalue weighted by molar-refractivity contribution is -0.113. The fraction of sp³-hybridized carbons (Fsp3) is 0.308. The number of hydrogen-bond donors (Lipinski definition) is 2. The van der Waals surface area contributed by atoms with Crippen molar-refractivity contribution < 1.29 is 9.18 Å². The quantitative estimate of drug-likeness (QED) is 0.765. The highest BCUT2D eigenvalue weighted by molar-refractivity contribution is 8.01. The van der Waals surface area contributed by atoms with Crippen LogP contribution in [0.15, 0.2) is 28.6 Å². The number of rotatable bonds is 7. The number of carbonyl (C=O) groups is 1. The lowest BCUT2D eigenvalue weighted by atomic mass is 10.3. The van der Waals surface area contributed by atoms with Gasteiger partial charge in [0.1, 0.15) is 5.82 Å². The van der Waals surface area contributed by atoms with Gasteiger partial charge in [0, 0.05) is 6.54 Å². The second kappa shape index (κ2) is 7.94. The molecule has 2 aromatic rings. The Morgan fingerprint density at radius 3 is 2.95 bits per heavy atom. The van der Waals surface area contributed by atoms with Crippen molar-refractivity contribution in [3.63, 3.8) is 0 Å². The molecule has 0 saturated heterocycles. The third-order valence-corrected chi connectivity index (χ3v) is 4.42. The monoisotopic (exact) mass is 326 g/mol. The van der Waals surface area contributed by atoms with Gasteiger partial charge in [0.05, 0.1) is 11.4 Å². The molecule has 5 nitrogen and oxygen atoms in total. The number of nitrogens with one attached hydrogen (secondary N) is 2. The number of carbonyl (C=O) groups excluding carboxylic acids is 1. The van der Waals surface area contributed by atoms with Crippen molar-refractivity contribution in [2.45, 2.75) is 17.7 Å². The van der Waals surface area contributed by atoms with Gasteiger partial charge in [-0.3, -0.25) is 4.79 Å². The second-order valence-corrected chi connectivity index (χ2v) is 6.32. The SMILES string of the molecule is CCCNc1nnc(SCC(=O)Nc2ccccc2F)s1. The molecule has 0 spiro atoms. The van der Waals surface area contributed by atoms with E-state index in [1.807, 2.05) is 0 Å². The Hall–Kier alpha value is -1.67. The van der Waals surface area contributed by atoms with Crippen molar-refractivity contribution in [3.05, 3.63) is 30.1 Å².